The number of nitrogens with zero attached hydrogens (tertiary/aromatic N) is 2. The van der Waals surface area contributed by atoms with E-state index >= 15 is 0 Å². The van der Waals surface area contributed by atoms with Gasteiger partial charge < -0.3 is 10.6 Å². The predicted molar refractivity (Wildman–Crippen MR) is 78.7 cm³/mol. The van der Waals surface area contributed by atoms with Crippen LogP contribution in [0.25, 0.3) is 0 Å². The van der Waals surface area contributed by atoms with E-state index in [1.165, 1.54) is 37.6 Å². The molecule has 6 nitrogen and oxygen atoms in total. The maximum Gasteiger partial charge on any atom is 0.272 e. The van der Waals surface area contributed by atoms with Crippen LogP contribution in [0.3, 0.4) is 0 Å². The highest BCUT2D eigenvalue weighted by molar-refractivity contribution is 6.00. The Kier molecular flexibility index (Phi) is 4.77. The molecular weight excluding hydrogens is 287 g/mol. The molecule has 1 aromatic carbocycles. The number of hydrogen-bond donors (Lipinski definition) is 2. The molecule has 114 valence electrons. The van der Waals surface area contributed by atoms with Gasteiger partial charge in [-0.2, -0.15) is 0 Å². The molecule has 1 aromatic heterocycles. The second-order valence-electron chi connectivity index (χ2n) is 4.76. The number of hydrogen-bond acceptors (Lipinski definition) is 4. The maximum absolute atomic E-state index is 13.7. The van der Waals surface area contributed by atoms with E-state index < -0.39 is 23.7 Å². The zero-order chi connectivity index (χ0) is 16.1. The first-order chi connectivity index (χ1) is 10.5. The lowest BCUT2D eigenvalue weighted by atomic mass is 10.2. The molecule has 2 amide bonds. The highest BCUT2D eigenvalue weighted by Crippen LogP contribution is 2.15. The molecule has 2 rings (SSSR count). The third-order valence-electron chi connectivity index (χ3n) is 2.92. The molecule has 0 aliphatic carbocycles. The van der Waals surface area contributed by atoms with Crippen LogP contribution in [-0.2, 0) is 4.79 Å². The van der Waals surface area contributed by atoms with Crippen molar-refractivity contribution in [2.75, 3.05) is 5.32 Å². The molecule has 0 spiro atoms. The molecule has 7 heteroatoms. The van der Waals surface area contributed by atoms with Crippen LogP contribution in [-0.4, -0.2) is 27.8 Å². The van der Waals surface area contributed by atoms with Gasteiger partial charge in [0, 0.05) is 12.4 Å². The molecular formula is C15H15FN4O2. The number of nitrogens with one attached hydrogen (secondary N) is 2. The summed E-state index contributed by atoms with van der Waals surface area (Å²) in [6.45, 7) is 3.24. The Morgan fingerprint density at radius 1 is 1.27 bits per heavy atom. The summed E-state index contributed by atoms with van der Waals surface area (Å²) in [5.41, 5.74) is 0.916. The minimum Gasteiger partial charge on any atom is -0.339 e. The molecule has 0 bridgehead atoms. The van der Waals surface area contributed by atoms with Crippen molar-refractivity contribution in [3.05, 3.63) is 53.9 Å². The lowest BCUT2D eigenvalue weighted by Crippen LogP contribution is -2.42. The Hall–Kier alpha value is -2.83. The third kappa shape index (κ3) is 3.85. The fourth-order valence-corrected chi connectivity index (χ4v) is 1.71. The van der Waals surface area contributed by atoms with Crippen molar-refractivity contribution in [2.45, 2.75) is 19.9 Å². The fraction of sp³-hybridized carbons (Fsp3) is 0.200. The number of amides is 2. The van der Waals surface area contributed by atoms with Gasteiger partial charge in [0.1, 0.15) is 17.6 Å². The largest absolute Gasteiger partial charge is 0.339 e. The monoisotopic (exact) mass is 302 g/mol. The van der Waals surface area contributed by atoms with Gasteiger partial charge in [0.15, 0.2) is 0 Å². The normalized spacial score (nSPS) is 11.6. The molecule has 0 fully saturated rings. The van der Waals surface area contributed by atoms with Crippen molar-refractivity contribution in [1.29, 1.82) is 0 Å². The molecule has 22 heavy (non-hydrogen) atoms. The van der Waals surface area contributed by atoms with Gasteiger partial charge in [-0.25, -0.2) is 9.37 Å². The number of aryl methyl sites for hydroxylation is 1. The van der Waals surface area contributed by atoms with E-state index in [-0.39, 0.29) is 11.4 Å². The second kappa shape index (κ2) is 6.75. The minimum absolute atomic E-state index is 0.0659. The molecule has 0 aliphatic heterocycles. The van der Waals surface area contributed by atoms with Crippen LogP contribution in [0.15, 0.2) is 36.8 Å². The molecule has 2 aromatic rings. The summed E-state index contributed by atoms with van der Waals surface area (Å²) in [6.07, 6.45) is 4.11. The summed E-state index contributed by atoms with van der Waals surface area (Å²) in [6, 6.07) is 3.62. The Balaban J connectivity index is 1.99. The zero-order valence-electron chi connectivity index (χ0n) is 12.1. The molecule has 1 heterocycles. The zero-order valence-corrected chi connectivity index (χ0v) is 12.1. The highest BCUT2D eigenvalue weighted by atomic mass is 19.1. The molecule has 0 saturated heterocycles. The first-order valence-corrected chi connectivity index (χ1v) is 6.61. The topological polar surface area (TPSA) is 84.0 Å². The van der Waals surface area contributed by atoms with Gasteiger partial charge in [-0.3, -0.25) is 14.6 Å². The van der Waals surface area contributed by atoms with Crippen LogP contribution < -0.4 is 10.6 Å². The van der Waals surface area contributed by atoms with Gasteiger partial charge in [0.2, 0.25) is 5.91 Å². The van der Waals surface area contributed by atoms with Crippen molar-refractivity contribution >= 4 is 17.5 Å². The van der Waals surface area contributed by atoms with Gasteiger partial charge in [-0.05, 0) is 31.5 Å². The Labute approximate surface area is 126 Å². The lowest BCUT2D eigenvalue weighted by Gasteiger charge is -2.14. The van der Waals surface area contributed by atoms with E-state index in [1.807, 2.05) is 0 Å². The average Bonchev–Trinajstić information content (AvgIpc) is 2.50. The number of halogens is 1. The van der Waals surface area contributed by atoms with E-state index in [0.29, 0.717) is 0 Å². The molecule has 0 saturated carbocycles. The van der Waals surface area contributed by atoms with Crippen LogP contribution in [0.2, 0.25) is 0 Å². The van der Waals surface area contributed by atoms with Crippen molar-refractivity contribution in [3.8, 4) is 0 Å². The van der Waals surface area contributed by atoms with E-state index in [2.05, 4.69) is 20.6 Å². The molecule has 0 radical (unpaired) electrons. The summed E-state index contributed by atoms with van der Waals surface area (Å²) in [5, 5.41) is 4.90. The van der Waals surface area contributed by atoms with Crippen molar-refractivity contribution in [2.24, 2.45) is 0 Å². The van der Waals surface area contributed by atoms with Crippen LogP contribution in [0.1, 0.15) is 23.0 Å². The summed E-state index contributed by atoms with van der Waals surface area (Å²) in [5.74, 6) is -1.58. The molecule has 2 N–H and O–H groups in total. The van der Waals surface area contributed by atoms with Gasteiger partial charge in [-0.1, -0.05) is 6.07 Å². The Morgan fingerprint density at radius 3 is 2.68 bits per heavy atom. The standard InChI is InChI=1S/C15H15FN4O2/c1-9-3-4-12(11(16)7-9)20-14(21)10(2)19-15(22)13-8-17-5-6-18-13/h3-8,10H,1-2H3,(H,19,22)(H,20,21)/t10-/m1/s1. The van der Waals surface area contributed by atoms with Crippen LogP contribution in [0.4, 0.5) is 10.1 Å². The van der Waals surface area contributed by atoms with E-state index in [0.717, 1.165) is 5.56 Å². The van der Waals surface area contributed by atoms with E-state index in [4.69, 9.17) is 0 Å². The number of carbonyl (C=O) groups is 2. The van der Waals surface area contributed by atoms with Crippen molar-refractivity contribution in [1.82, 2.24) is 15.3 Å². The quantitative estimate of drug-likeness (QED) is 0.900. The molecule has 0 unspecified atom stereocenters. The van der Waals surface area contributed by atoms with Crippen LogP contribution in [0, 0.1) is 12.7 Å². The summed E-state index contributed by atoms with van der Waals surface area (Å²) < 4.78 is 13.7. The SMILES string of the molecule is Cc1ccc(NC(=O)[C@@H](C)NC(=O)c2cnccn2)c(F)c1. The molecule has 1 atom stereocenters. The van der Waals surface area contributed by atoms with Gasteiger partial charge in [0.25, 0.3) is 5.91 Å². The minimum atomic E-state index is -0.852. The van der Waals surface area contributed by atoms with Crippen molar-refractivity contribution < 1.29 is 14.0 Å². The number of carbonyl (C=O) groups excluding carboxylic acids is 2. The van der Waals surface area contributed by atoms with Gasteiger partial charge in [0.05, 0.1) is 11.9 Å². The maximum atomic E-state index is 13.7. The fourth-order valence-electron chi connectivity index (χ4n) is 1.71. The third-order valence-corrected chi connectivity index (χ3v) is 2.92. The number of rotatable bonds is 4. The predicted octanol–water partition coefficient (Wildman–Crippen LogP) is 1.68. The Morgan fingerprint density at radius 2 is 2.05 bits per heavy atom. The lowest BCUT2D eigenvalue weighted by molar-refractivity contribution is -0.117. The highest BCUT2D eigenvalue weighted by Gasteiger charge is 2.18. The van der Waals surface area contributed by atoms with E-state index in [1.54, 1.807) is 13.0 Å². The number of aromatic nitrogens is 2. The van der Waals surface area contributed by atoms with Crippen LogP contribution in [0.5, 0.6) is 0 Å². The second-order valence-corrected chi connectivity index (χ2v) is 4.76. The summed E-state index contributed by atoms with van der Waals surface area (Å²) in [7, 11) is 0. The van der Waals surface area contributed by atoms with Gasteiger partial charge >= 0.3 is 0 Å². The summed E-state index contributed by atoms with van der Waals surface area (Å²) >= 11 is 0. The smallest absolute Gasteiger partial charge is 0.272 e. The molecule has 0 aliphatic rings. The number of benzene rings is 1. The Bertz CT molecular complexity index is 691. The number of anilines is 1. The van der Waals surface area contributed by atoms with E-state index in [9.17, 15) is 14.0 Å². The average molecular weight is 302 g/mol. The first-order valence-electron chi connectivity index (χ1n) is 6.61. The van der Waals surface area contributed by atoms with Crippen molar-refractivity contribution in [3.63, 3.8) is 0 Å². The summed E-state index contributed by atoms with van der Waals surface area (Å²) in [4.78, 5) is 31.4. The first kappa shape index (κ1) is 15.6. The van der Waals surface area contributed by atoms with Gasteiger partial charge in [-0.15, -0.1) is 0 Å². The van der Waals surface area contributed by atoms with Crippen LogP contribution >= 0.6 is 0 Å².